The number of aromatic nitrogens is 1. The standard InChI is InChI=1S/C16H10Cl3NO4/c1-2-23-16(22)9-10(14(21)13(19)12(18)11(9)17)15-20-7-5-3-4-6-8(7)24-15/h3-6,21H,2H2,1H3. The first-order chi connectivity index (χ1) is 11.5. The molecule has 0 spiro atoms. The number of rotatable bonds is 3. The SMILES string of the molecule is CCOC(=O)c1c(Cl)c(Cl)c(Cl)c(O)c1-c1nc2ccccc2o1. The molecule has 0 bridgehead atoms. The quantitative estimate of drug-likeness (QED) is 0.486. The van der Waals surface area contributed by atoms with Crippen LogP contribution in [0.2, 0.25) is 15.1 Å². The molecule has 2 aromatic carbocycles. The minimum Gasteiger partial charge on any atom is -0.505 e. The molecular formula is C16H10Cl3NO4. The maximum absolute atomic E-state index is 12.3. The third-order valence-electron chi connectivity index (χ3n) is 3.29. The second kappa shape index (κ2) is 6.51. The zero-order valence-electron chi connectivity index (χ0n) is 12.3. The topological polar surface area (TPSA) is 72.6 Å². The Morgan fingerprint density at radius 1 is 1.21 bits per heavy atom. The lowest BCUT2D eigenvalue weighted by Crippen LogP contribution is -2.08. The van der Waals surface area contributed by atoms with Crippen LogP contribution in [0.25, 0.3) is 22.6 Å². The van der Waals surface area contributed by atoms with Gasteiger partial charge in [-0.1, -0.05) is 46.9 Å². The van der Waals surface area contributed by atoms with Crippen LogP contribution in [0.15, 0.2) is 28.7 Å². The van der Waals surface area contributed by atoms with Crippen molar-refractivity contribution < 1.29 is 19.1 Å². The Morgan fingerprint density at radius 2 is 1.92 bits per heavy atom. The van der Waals surface area contributed by atoms with E-state index in [-0.39, 0.29) is 38.7 Å². The molecule has 24 heavy (non-hydrogen) atoms. The molecule has 0 fully saturated rings. The Hall–Kier alpha value is -1.95. The first-order valence-electron chi connectivity index (χ1n) is 6.88. The van der Waals surface area contributed by atoms with Crippen molar-refractivity contribution in [3.63, 3.8) is 0 Å². The number of hydrogen-bond donors (Lipinski definition) is 1. The largest absolute Gasteiger partial charge is 0.505 e. The molecule has 0 atom stereocenters. The molecule has 3 rings (SSSR count). The average molecular weight is 387 g/mol. The normalized spacial score (nSPS) is 11.0. The van der Waals surface area contributed by atoms with Gasteiger partial charge in [0.15, 0.2) is 5.58 Å². The molecule has 0 aliphatic heterocycles. The summed E-state index contributed by atoms with van der Waals surface area (Å²) in [5.74, 6) is -1.24. The molecule has 0 radical (unpaired) electrons. The zero-order chi connectivity index (χ0) is 17.4. The van der Waals surface area contributed by atoms with Crippen LogP contribution in [0.1, 0.15) is 17.3 Å². The number of benzene rings is 2. The van der Waals surface area contributed by atoms with Gasteiger partial charge in [-0.25, -0.2) is 9.78 Å². The molecule has 124 valence electrons. The van der Waals surface area contributed by atoms with E-state index in [1.165, 1.54) is 0 Å². The van der Waals surface area contributed by atoms with Crippen molar-refractivity contribution in [3.05, 3.63) is 44.9 Å². The van der Waals surface area contributed by atoms with Gasteiger partial charge in [-0.05, 0) is 19.1 Å². The van der Waals surface area contributed by atoms with Crippen LogP contribution in [0.3, 0.4) is 0 Å². The van der Waals surface area contributed by atoms with E-state index in [2.05, 4.69) is 4.98 Å². The molecule has 5 nitrogen and oxygen atoms in total. The number of halogens is 3. The maximum Gasteiger partial charge on any atom is 0.340 e. The molecule has 0 saturated carbocycles. The van der Waals surface area contributed by atoms with Gasteiger partial charge in [0.05, 0.1) is 27.8 Å². The number of fused-ring (bicyclic) bond motifs is 1. The lowest BCUT2D eigenvalue weighted by Gasteiger charge is -2.13. The second-order valence-electron chi connectivity index (χ2n) is 4.75. The Morgan fingerprint density at radius 3 is 2.58 bits per heavy atom. The highest BCUT2D eigenvalue weighted by Gasteiger charge is 2.30. The number of esters is 1. The van der Waals surface area contributed by atoms with E-state index >= 15 is 0 Å². The van der Waals surface area contributed by atoms with E-state index in [1.54, 1.807) is 31.2 Å². The maximum atomic E-state index is 12.3. The van der Waals surface area contributed by atoms with Gasteiger partial charge in [0.1, 0.15) is 16.3 Å². The summed E-state index contributed by atoms with van der Waals surface area (Å²) < 4.78 is 10.6. The number of carbonyl (C=O) groups excluding carboxylic acids is 1. The van der Waals surface area contributed by atoms with Crippen LogP contribution in [-0.4, -0.2) is 22.7 Å². The van der Waals surface area contributed by atoms with Crippen molar-refractivity contribution in [2.75, 3.05) is 6.61 Å². The number of phenols is 1. The van der Waals surface area contributed by atoms with E-state index in [0.29, 0.717) is 11.1 Å². The number of phenolic OH excluding ortho intramolecular Hbond substituents is 1. The van der Waals surface area contributed by atoms with Crippen molar-refractivity contribution in [1.29, 1.82) is 0 Å². The molecule has 0 saturated heterocycles. The van der Waals surface area contributed by atoms with E-state index in [9.17, 15) is 9.90 Å². The van der Waals surface area contributed by atoms with Gasteiger partial charge in [0.25, 0.3) is 0 Å². The predicted molar refractivity (Wildman–Crippen MR) is 92.1 cm³/mol. The Labute approximate surface area is 151 Å². The molecule has 1 heterocycles. The van der Waals surface area contributed by atoms with E-state index in [1.807, 2.05) is 0 Å². The fraction of sp³-hybridized carbons (Fsp3) is 0.125. The van der Waals surface area contributed by atoms with Crippen LogP contribution < -0.4 is 0 Å². The smallest absolute Gasteiger partial charge is 0.340 e. The highest BCUT2D eigenvalue weighted by molar-refractivity contribution is 6.50. The second-order valence-corrected chi connectivity index (χ2v) is 5.88. The third kappa shape index (κ3) is 2.69. The predicted octanol–water partition coefficient (Wildman–Crippen LogP) is 5.34. The zero-order valence-corrected chi connectivity index (χ0v) is 14.5. The molecule has 1 aromatic heterocycles. The molecule has 0 unspecified atom stereocenters. The Bertz CT molecular complexity index is 919. The summed E-state index contributed by atoms with van der Waals surface area (Å²) in [6.07, 6.45) is 0. The van der Waals surface area contributed by atoms with Crippen molar-refractivity contribution in [1.82, 2.24) is 4.98 Å². The summed E-state index contributed by atoms with van der Waals surface area (Å²) in [5.41, 5.74) is 0.800. The summed E-state index contributed by atoms with van der Waals surface area (Å²) >= 11 is 18.1. The average Bonchev–Trinajstić information content (AvgIpc) is 2.99. The van der Waals surface area contributed by atoms with E-state index < -0.39 is 11.7 Å². The van der Waals surface area contributed by atoms with Gasteiger partial charge in [0, 0.05) is 0 Å². The van der Waals surface area contributed by atoms with Gasteiger partial charge in [-0.15, -0.1) is 0 Å². The fourth-order valence-corrected chi connectivity index (χ4v) is 2.92. The molecule has 3 aromatic rings. The van der Waals surface area contributed by atoms with Crippen LogP contribution in [0.4, 0.5) is 0 Å². The minimum absolute atomic E-state index is 0.0165. The van der Waals surface area contributed by atoms with Crippen LogP contribution in [0.5, 0.6) is 5.75 Å². The number of hydrogen-bond acceptors (Lipinski definition) is 5. The van der Waals surface area contributed by atoms with Gasteiger partial charge < -0.3 is 14.3 Å². The van der Waals surface area contributed by atoms with Crippen LogP contribution in [-0.2, 0) is 4.74 Å². The van der Waals surface area contributed by atoms with Gasteiger partial charge in [0.2, 0.25) is 5.89 Å². The highest BCUT2D eigenvalue weighted by atomic mass is 35.5. The van der Waals surface area contributed by atoms with Gasteiger partial charge >= 0.3 is 5.97 Å². The first-order valence-corrected chi connectivity index (χ1v) is 8.01. The Kier molecular flexibility index (Phi) is 4.58. The van der Waals surface area contributed by atoms with Crippen molar-refractivity contribution in [2.24, 2.45) is 0 Å². The van der Waals surface area contributed by atoms with Crippen molar-refractivity contribution in [2.45, 2.75) is 6.92 Å². The highest BCUT2D eigenvalue weighted by Crippen LogP contribution is 2.47. The van der Waals surface area contributed by atoms with Gasteiger partial charge in [-0.2, -0.15) is 0 Å². The lowest BCUT2D eigenvalue weighted by molar-refractivity contribution is 0.0527. The van der Waals surface area contributed by atoms with Crippen LogP contribution >= 0.6 is 34.8 Å². The first kappa shape index (κ1) is 16.9. The molecule has 8 heteroatoms. The number of oxazole rings is 1. The number of ether oxygens (including phenoxy) is 1. The number of aromatic hydroxyl groups is 1. The Balaban J connectivity index is 2.34. The summed E-state index contributed by atoms with van der Waals surface area (Å²) in [6.45, 7) is 1.76. The molecule has 1 N–H and O–H groups in total. The fourth-order valence-electron chi connectivity index (χ4n) is 2.23. The molecule has 0 aliphatic carbocycles. The molecular weight excluding hydrogens is 377 g/mol. The monoisotopic (exact) mass is 385 g/mol. The summed E-state index contributed by atoms with van der Waals surface area (Å²) in [6, 6.07) is 6.97. The third-order valence-corrected chi connectivity index (χ3v) is 4.60. The summed E-state index contributed by atoms with van der Waals surface area (Å²) in [7, 11) is 0. The van der Waals surface area contributed by atoms with Gasteiger partial charge in [-0.3, -0.25) is 0 Å². The number of para-hydroxylation sites is 2. The van der Waals surface area contributed by atoms with E-state index in [4.69, 9.17) is 44.0 Å². The lowest BCUT2D eigenvalue weighted by atomic mass is 10.1. The van der Waals surface area contributed by atoms with Crippen molar-refractivity contribution >= 4 is 51.9 Å². The summed E-state index contributed by atoms with van der Waals surface area (Å²) in [4.78, 5) is 16.6. The minimum atomic E-state index is -0.770. The van der Waals surface area contributed by atoms with E-state index in [0.717, 1.165) is 0 Å². The molecule has 0 amide bonds. The number of carbonyl (C=O) groups is 1. The number of nitrogens with zero attached hydrogens (tertiary/aromatic N) is 1. The van der Waals surface area contributed by atoms with Crippen molar-refractivity contribution in [3.8, 4) is 17.2 Å². The molecule has 0 aliphatic rings. The summed E-state index contributed by atoms with van der Waals surface area (Å²) in [5, 5.41) is 9.90. The van der Waals surface area contributed by atoms with Crippen LogP contribution in [0, 0.1) is 0 Å².